The Morgan fingerprint density at radius 3 is 2.32 bits per heavy atom. The van der Waals surface area contributed by atoms with E-state index in [1.165, 1.54) is 24.6 Å². The van der Waals surface area contributed by atoms with Crippen LogP contribution in [0.3, 0.4) is 0 Å². The third kappa shape index (κ3) is 3.65. The molecule has 0 saturated carbocycles. The lowest BCUT2D eigenvalue weighted by molar-refractivity contribution is 0.520. The van der Waals surface area contributed by atoms with Crippen LogP contribution in [0.5, 0.6) is 0 Å². The lowest BCUT2D eigenvalue weighted by atomic mass is 10.3. The number of anilines is 1. The molecule has 2 N–H and O–H groups in total. The fraction of sp³-hybridized carbons (Fsp3) is 0.583. The molecule has 7 heteroatoms. The van der Waals surface area contributed by atoms with Crippen LogP contribution in [0.4, 0.5) is 5.82 Å². The summed E-state index contributed by atoms with van der Waals surface area (Å²) in [6.45, 7) is 5.30. The van der Waals surface area contributed by atoms with Gasteiger partial charge >= 0.3 is 0 Å². The summed E-state index contributed by atoms with van der Waals surface area (Å²) in [6, 6.07) is 3.54. The molecule has 0 atom stereocenters. The molecule has 0 aromatic carbocycles. The average molecular weight is 286 g/mol. The fourth-order valence-electron chi connectivity index (χ4n) is 1.68. The van der Waals surface area contributed by atoms with Gasteiger partial charge in [0.25, 0.3) is 0 Å². The standard InChI is InChI=1S/C12H22N4O2S/c1-10(2)16(8-7-13)12-6-5-11(9-14-12)19(17,18)15(3)4/h5-6,9-10H,7-8,13H2,1-4H3. The molecule has 0 radical (unpaired) electrons. The molecule has 1 aromatic rings. The van der Waals surface area contributed by atoms with Crippen molar-refractivity contribution in [2.45, 2.75) is 24.8 Å². The maximum atomic E-state index is 11.9. The number of sulfonamides is 1. The van der Waals surface area contributed by atoms with Crippen molar-refractivity contribution < 1.29 is 8.42 Å². The van der Waals surface area contributed by atoms with Gasteiger partial charge in [-0.1, -0.05) is 0 Å². The Bertz CT molecular complexity index is 497. The van der Waals surface area contributed by atoms with E-state index in [2.05, 4.69) is 4.98 Å². The van der Waals surface area contributed by atoms with Gasteiger partial charge in [-0.3, -0.25) is 0 Å². The molecule has 1 heterocycles. The number of hydrogen-bond donors (Lipinski definition) is 1. The summed E-state index contributed by atoms with van der Waals surface area (Å²) in [4.78, 5) is 6.46. The van der Waals surface area contributed by atoms with Gasteiger partial charge in [0.1, 0.15) is 10.7 Å². The Morgan fingerprint density at radius 1 is 1.32 bits per heavy atom. The monoisotopic (exact) mass is 286 g/mol. The molecule has 0 saturated heterocycles. The predicted molar refractivity (Wildman–Crippen MR) is 76.6 cm³/mol. The van der Waals surface area contributed by atoms with E-state index in [-0.39, 0.29) is 10.9 Å². The van der Waals surface area contributed by atoms with E-state index in [4.69, 9.17) is 5.73 Å². The maximum Gasteiger partial charge on any atom is 0.244 e. The highest BCUT2D eigenvalue weighted by Crippen LogP contribution is 2.17. The van der Waals surface area contributed by atoms with Crippen LogP contribution in [-0.4, -0.2) is 50.9 Å². The van der Waals surface area contributed by atoms with Crippen LogP contribution in [0, 0.1) is 0 Å². The first kappa shape index (κ1) is 15.9. The molecule has 0 spiro atoms. The highest BCUT2D eigenvalue weighted by atomic mass is 32.2. The number of nitrogens with two attached hydrogens (primary N) is 1. The molecule has 0 unspecified atom stereocenters. The zero-order chi connectivity index (χ0) is 14.6. The summed E-state index contributed by atoms with van der Waals surface area (Å²) in [7, 11) is -0.428. The Labute approximate surface area is 115 Å². The van der Waals surface area contributed by atoms with Crippen molar-refractivity contribution in [3.8, 4) is 0 Å². The molecule has 1 aromatic heterocycles. The van der Waals surface area contributed by atoms with E-state index in [1.807, 2.05) is 18.7 Å². The second-order valence-corrected chi connectivity index (χ2v) is 6.87. The van der Waals surface area contributed by atoms with Crippen LogP contribution in [0.1, 0.15) is 13.8 Å². The normalized spacial score (nSPS) is 12.2. The van der Waals surface area contributed by atoms with Crippen molar-refractivity contribution in [2.24, 2.45) is 5.73 Å². The Morgan fingerprint density at radius 2 is 1.95 bits per heavy atom. The number of nitrogens with zero attached hydrogens (tertiary/aromatic N) is 3. The smallest absolute Gasteiger partial charge is 0.244 e. The lowest BCUT2D eigenvalue weighted by Crippen LogP contribution is -2.36. The first-order chi connectivity index (χ1) is 8.80. The van der Waals surface area contributed by atoms with Gasteiger partial charge in [-0.05, 0) is 26.0 Å². The van der Waals surface area contributed by atoms with Crippen molar-refractivity contribution in [2.75, 3.05) is 32.1 Å². The molecule has 1 rings (SSSR count). The minimum Gasteiger partial charge on any atom is -0.353 e. The van der Waals surface area contributed by atoms with Crippen molar-refractivity contribution in [1.82, 2.24) is 9.29 Å². The summed E-state index contributed by atoms with van der Waals surface area (Å²) in [5, 5.41) is 0. The number of aromatic nitrogens is 1. The van der Waals surface area contributed by atoms with Crippen LogP contribution in [0.2, 0.25) is 0 Å². The maximum absolute atomic E-state index is 11.9. The third-order valence-electron chi connectivity index (χ3n) is 2.79. The fourth-order valence-corrected chi connectivity index (χ4v) is 2.53. The molecule has 0 aliphatic heterocycles. The quantitative estimate of drug-likeness (QED) is 0.824. The third-order valence-corrected chi connectivity index (χ3v) is 4.59. The van der Waals surface area contributed by atoms with E-state index in [1.54, 1.807) is 12.1 Å². The van der Waals surface area contributed by atoms with Crippen LogP contribution in [-0.2, 0) is 10.0 Å². The summed E-state index contributed by atoms with van der Waals surface area (Å²) >= 11 is 0. The van der Waals surface area contributed by atoms with E-state index in [0.717, 1.165) is 5.82 Å². The van der Waals surface area contributed by atoms with Gasteiger partial charge in [0.2, 0.25) is 10.0 Å². The Balaban J connectivity index is 3.05. The highest BCUT2D eigenvalue weighted by Gasteiger charge is 2.18. The minimum absolute atomic E-state index is 0.192. The van der Waals surface area contributed by atoms with Gasteiger partial charge in [-0.2, -0.15) is 0 Å². The predicted octanol–water partition coefficient (Wildman–Crippen LogP) is 0.505. The van der Waals surface area contributed by atoms with E-state index in [0.29, 0.717) is 13.1 Å². The SMILES string of the molecule is CC(C)N(CCN)c1ccc(S(=O)(=O)N(C)C)cn1. The molecule has 0 fully saturated rings. The highest BCUT2D eigenvalue weighted by molar-refractivity contribution is 7.89. The van der Waals surface area contributed by atoms with Crippen molar-refractivity contribution >= 4 is 15.8 Å². The van der Waals surface area contributed by atoms with Crippen LogP contribution in [0.25, 0.3) is 0 Å². The average Bonchev–Trinajstić information content (AvgIpc) is 2.35. The van der Waals surface area contributed by atoms with Gasteiger partial charge in [0.05, 0.1) is 0 Å². The molecule has 0 amide bonds. The summed E-state index contributed by atoms with van der Waals surface area (Å²) < 4.78 is 25.0. The summed E-state index contributed by atoms with van der Waals surface area (Å²) in [5.41, 5.74) is 5.57. The Kier molecular flexibility index (Phi) is 5.28. The van der Waals surface area contributed by atoms with Gasteiger partial charge in [0.15, 0.2) is 0 Å². The largest absolute Gasteiger partial charge is 0.353 e. The number of rotatable bonds is 6. The molecule has 0 bridgehead atoms. The molecule has 6 nitrogen and oxygen atoms in total. The van der Waals surface area contributed by atoms with E-state index >= 15 is 0 Å². The Hall–Kier alpha value is -1.18. The van der Waals surface area contributed by atoms with Crippen molar-refractivity contribution in [3.63, 3.8) is 0 Å². The van der Waals surface area contributed by atoms with Gasteiger partial charge in [-0.15, -0.1) is 0 Å². The second-order valence-electron chi connectivity index (χ2n) is 4.72. The number of pyridine rings is 1. The second kappa shape index (κ2) is 6.31. The molecule has 19 heavy (non-hydrogen) atoms. The van der Waals surface area contributed by atoms with Gasteiger partial charge in [-0.25, -0.2) is 17.7 Å². The van der Waals surface area contributed by atoms with Crippen LogP contribution in [0.15, 0.2) is 23.2 Å². The molecule has 108 valence electrons. The first-order valence-corrected chi connectivity index (χ1v) is 7.60. The van der Waals surface area contributed by atoms with Crippen LogP contribution >= 0.6 is 0 Å². The molecular formula is C12H22N4O2S. The van der Waals surface area contributed by atoms with E-state index < -0.39 is 10.0 Å². The van der Waals surface area contributed by atoms with Crippen molar-refractivity contribution in [3.05, 3.63) is 18.3 Å². The van der Waals surface area contributed by atoms with Crippen LogP contribution < -0.4 is 10.6 Å². The van der Waals surface area contributed by atoms with Gasteiger partial charge < -0.3 is 10.6 Å². The zero-order valence-corrected chi connectivity index (χ0v) is 12.7. The topological polar surface area (TPSA) is 79.5 Å². The van der Waals surface area contributed by atoms with E-state index in [9.17, 15) is 8.42 Å². The minimum atomic E-state index is -3.42. The number of hydrogen-bond acceptors (Lipinski definition) is 5. The lowest BCUT2D eigenvalue weighted by Gasteiger charge is -2.27. The molecule has 0 aliphatic carbocycles. The van der Waals surface area contributed by atoms with Gasteiger partial charge in [0, 0.05) is 39.4 Å². The zero-order valence-electron chi connectivity index (χ0n) is 11.9. The molecule has 0 aliphatic rings. The first-order valence-electron chi connectivity index (χ1n) is 6.16. The van der Waals surface area contributed by atoms with Crippen molar-refractivity contribution in [1.29, 1.82) is 0 Å². The molecular weight excluding hydrogens is 264 g/mol. The summed E-state index contributed by atoms with van der Waals surface area (Å²) in [5.74, 6) is 0.734. The summed E-state index contributed by atoms with van der Waals surface area (Å²) in [6.07, 6.45) is 1.39.